The highest BCUT2D eigenvalue weighted by atomic mass is 16.5. The molecule has 4 heteroatoms. The van der Waals surface area contributed by atoms with E-state index in [0.717, 1.165) is 25.1 Å². The first-order valence-corrected chi connectivity index (χ1v) is 6.59. The van der Waals surface area contributed by atoms with Crippen molar-refractivity contribution in [2.75, 3.05) is 26.7 Å². The summed E-state index contributed by atoms with van der Waals surface area (Å²) in [6, 6.07) is 7.16. The Bertz CT molecular complexity index is 467. The smallest absolute Gasteiger partial charge is 0.337 e. The topological polar surface area (TPSA) is 46.6 Å². The maximum atomic E-state index is 12.1. The van der Waals surface area contributed by atoms with Gasteiger partial charge in [0.25, 0.3) is 0 Å². The number of hydrogen-bond donors (Lipinski definition) is 0. The van der Waals surface area contributed by atoms with Crippen LogP contribution in [0.25, 0.3) is 0 Å². The minimum absolute atomic E-state index is 0.0329. The Kier molecular flexibility index (Phi) is 4.32. The third kappa shape index (κ3) is 3.01. The molecule has 1 aliphatic heterocycles. The zero-order valence-corrected chi connectivity index (χ0v) is 11.4. The first kappa shape index (κ1) is 13.7. The summed E-state index contributed by atoms with van der Waals surface area (Å²) in [6.07, 6.45) is 0.851. The summed E-state index contributed by atoms with van der Waals surface area (Å²) >= 11 is 0. The van der Waals surface area contributed by atoms with Crippen molar-refractivity contribution in [3.63, 3.8) is 0 Å². The van der Waals surface area contributed by atoms with E-state index in [1.165, 1.54) is 7.11 Å². The predicted molar refractivity (Wildman–Crippen MR) is 72.3 cm³/mol. The number of hydrogen-bond acceptors (Lipinski definition) is 4. The number of Topliss-reactive ketones (excluding diaryl/α,β-unsaturated/α-hetero) is 1. The van der Waals surface area contributed by atoms with Crippen LogP contribution in [0.5, 0.6) is 0 Å². The van der Waals surface area contributed by atoms with Gasteiger partial charge in [-0.3, -0.25) is 9.69 Å². The monoisotopic (exact) mass is 261 g/mol. The van der Waals surface area contributed by atoms with Crippen LogP contribution in [-0.4, -0.2) is 43.4 Å². The largest absolute Gasteiger partial charge is 0.465 e. The van der Waals surface area contributed by atoms with E-state index in [1.807, 2.05) is 12.1 Å². The number of methoxy groups -OCH3 is 1. The van der Waals surface area contributed by atoms with E-state index in [0.29, 0.717) is 12.1 Å². The van der Waals surface area contributed by atoms with Crippen LogP contribution >= 0.6 is 0 Å². The number of carbonyl (C=O) groups is 2. The number of benzene rings is 1. The van der Waals surface area contributed by atoms with E-state index in [2.05, 4.69) is 16.6 Å². The fourth-order valence-corrected chi connectivity index (χ4v) is 2.47. The lowest BCUT2D eigenvalue weighted by atomic mass is 9.88. The molecule has 2 rings (SSSR count). The summed E-state index contributed by atoms with van der Waals surface area (Å²) in [5, 5.41) is 0. The van der Waals surface area contributed by atoms with E-state index >= 15 is 0 Å². The van der Waals surface area contributed by atoms with E-state index in [-0.39, 0.29) is 17.7 Å². The van der Waals surface area contributed by atoms with Crippen molar-refractivity contribution >= 4 is 11.8 Å². The zero-order valence-electron chi connectivity index (χ0n) is 11.4. The summed E-state index contributed by atoms with van der Waals surface area (Å²) in [4.78, 5) is 25.6. The molecule has 0 amide bonds. The summed E-state index contributed by atoms with van der Waals surface area (Å²) in [5.74, 6) is -0.118. The molecule has 19 heavy (non-hydrogen) atoms. The Balaban J connectivity index is 2.10. The molecule has 1 aromatic carbocycles. The van der Waals surface area contributed by atoms with Crippen LogP contribution in [0.15, 0.2) is 24.3 Å². The van der Waals surface area contributed by atoms with E-state index in [4.69, 9.17) is 0 Å². The second kappa shape index (κ2) is 5.97. The highest BCUT2D eigenvalue weighted by Crippen LogP contribution is 2.25. The fourth-order valence-electron chi connectivity index (χ4n) is 2.47. The molecule has 0 aromatic heterocycles. The molecule has 0 N–H and O–H groups in total. The number of carbonyl (C=O) groups excluding carboxylic acids is 2. The highest BCUT2D eigenvalue weighted by molar-refractivity contribution is 5.90. The van der Waals surface area contributed by atoms with Gasteiger partial charge in [0.05, 0.1) is 19.2 Å². The molecule has 1 aliphatic rings. The van der Waals surface area contributed by atoms with Crippen LogP contribution in [0.4, 0.5) is 0 Å². The Hall–Kier alpha value is -1.68. The Morgan fingerprint density at radius 2 is 2.05 bits per heavy atom. The quantitative estimate of drug-likeness (QED) is 0.779. The highest BCUT2D eigenvalue weighted by Gasteiger charge is 2.27. The van der Waals surface area contributed by atoms with Crippen molar-refractivity contribution in [2.45, 2.75) is 19.3 Å². The number of esters is 1. The third-order valence-corrected chi connectivity index (χ3v) is 3.68. The molecule has 0 radical (unpaired) electrons. The van der Waals surface area contributed by atoms with Gasteiger partial charge >= 0.3 is 5.97 Å². The molecule has 0 aliphatic carbocycles. The molecule has 1 unspecified atom stereocenters. The van der Waals surface area contributed by atoms with E-state index in [1.54, 1.807) is 12.1 Å². The molecule has 1 atom stereocenters. The van der Waals surface area contributed by atoms with E-state index in [9.17, 15) is 9.59 Å². The van der Waals surface area contributed by atoms with Crippen molar-refractivity contribution < 1.29 is 14.3 Å². The molecule has 1 aromatic rings. The normalized spacial score (nSPS) is 20.3. The maximum Gasteiger partial charge on any atom is 0.337 e. The maximum absolute atomic E-state index is 12.1. The molecule has 102 valence electrons. The number of rotatable bonds is 3. The number of nitrogens with zero attached hydrogens (tertiary/aromatic N) is 1. The van der Waals surface area contributed by atoms with Crippen molar-refractivity contribution in [2.24, 2.45) is 0 Å². The molecule has 0 spiro atoms. The van der Waals surface area contributed by atoms with Gasteiger partial charge in [-0.25, -0.2) is 4.79 Å². The fraction of sp³-hybridized carbons (Fsp3) is 0.467. The number of ketones is 1. The number of ether oxygens (including phenoxy) is 1. The van der Waals surface area contributed by atoms with Gasteiger partial charge in [-0.05, 0) is 37.2 Å². The zero-order chi connectivity index (χ0) is 13.8. The predicted octanol–water partition coefficient (Wildman–Crippen LogP) is 1.85. The van der Waals surface area contributed by atoms with E-state index < -0.39 is 0 Å². The summed E-state index contributed by atoms with van der Waals surface area (Å²) in [5.41, 5.74) is 1.51. The first-order valence-electron chi connectivity index (χ1n) is 6.59. The lowest BCUT2D eigenvalue weighted by molar-refractivity contribution is -0.123. The van der Waals surface area contributed by atoms with Gasteiger partial charge in [-0.15, -0.1) is 0 Å². The second-order valence-corrected chi connectivity index (χ2v) is 4.79. The average molecular weight is 261 g/mol. The molecule has 1 fully saturated rings. The van der Waals surface area contributed by atoms with Gasteiger partial charge in [-0.1, -0.05) is 19.1 Å². The first-order chi connectivity index (χ1) is 9.15. The van der Waals surface area contributed by atoms with Crippen molar-refractivity contribution in [1.29, 1.82) is 0 Å². The molecular formula is C15H19NO3. The van der Waals surface area contributed by atoms with Crippen molar-refractivity contribution in [3.05, 3.63) is 35.4 Å². The van der Waals surface area contributed by atoms with Gasteiger partial charge in [-0.2, -0.15) is 0 Å². The number of likely N-dealkylation sites (N-methyl/N-ethyl adjacent to an activating group) is 1. The standard InChI is InChI=1S/C15H19NO3/c1-3-16-9-8-13(14(17)10-16)11-4-6-12(7-5-11)15(18)19-2/h4-7,13H,3,8-10H2,1-2H3. The van der Waals surface area contributed by atoms with Gasteiger partial charge in [0.1, 0.15) is 0 Å². The van der Waals surface area contributed by atoms with Gasteiger partial charge in [0.15, 0.2) is 5.78 Å². The minimum Gasteiger partial charge on any atom is -0.465 e. The van der Waals surface area contributed by atoms with Crippen molar-refractivity contribution in [3.8, 4) is 0 Å². The summed E-state index contributed by atoms with van der Waals surface area (Å²) < 4.78 is 4.66. The van der Waals surface area contributed by atoms with Crippen LogP contribution in [-0.2, 0) is 9.53 Å². The van der Waals surface area contributed by atoms with Gasteiger partial charge in [0, 0.05) is 5.92 Å². The number of piperidine rings is 1. The van der Waals surface area contributed by atoms with Crippen LogP contribution < -0.4 is 0 Å². The minimum atomic E-state index is -0.348. The van der Waals surface area contributed by atoms with Crippen molar-refractivity contribution in [1.82, 2.24) is 4.90 Å². The summed E-state index contributed by atoms with van der Waals surface area (Å²) in [7, 11) is 1.36. The molecule has 1 heterocycles. The Morgan fingerprint density at radius 1 is 1.37 bits per heavy atom. The molecular weight excluding hydrogens is 242 g/mol. The van der Waals surface area contributed by atoms with Gasteiger partial charge < -0.3 is 4.74 Å². The molecule has 1 saturated heterocycles. The van der Waals surface area contributed by atoms with Crippen LogP contribution in [0.3, 0.4) is 0 Å². The second-order valence-electron chi connectivity index (χ2n) is 4.79. The summed E-state index contributed by atoms with van der Waals surface area (Å²) in [6.45, 7) is 4.46. The van der Waals surface area contributed by atoms with Crippen LogP contribution in [0, 0.1) is 0 Å². The molecule has 0 saturated carbocycles. The average Bonchev–Trinajstić information content (AvgIpc) is 2.46. The molecule has 0 bridgehead atoms. The lowest BCUT2D eigenvalue weighted by Crippen LogP contribution is -2.39. The van der Waals surface area contributed by atoms with Crippen LogP contribution in [0.1, 0.15) is 35.2 Å². The number of likely N-dealkylation sites (tertiary alicyclic amines) is 1. The van der Waals surface area contributed by atoms with Gasteiger partial charge in [0.2, 0.25) is 0 Å². The SMILES string of the molecule is CCN1CCC(c2ccc(C(=O)OC)cc2)C(=O)C1. The Morgan fingerprint density at radius 3 is 2.58 bits per heavy atom. The van der Waals surface area contributed by atoms with Crippen LogP contribution in [0.2, 0.25) is 0 Å². The third-order valence-electron chi connectivity index (χ3n) is 3.68. The molecule has 4 nitrogen and oxygen atoms in total. The lowest BCUT2D eigenvalue weighted by Gasteiger charge is -2.30. The Labute approximate surface area is 113 Å².